The van der Waals surface area contributed by atoms with E-state index in [0.29, 0.717) is 29.8 Å². The Bertz CT molecular complexity index is 1040. The topological polar surface area (TPSA) is 117 Å². The van der Waals surface area contributed by atoms with Crippen molar-refractivity contribution in [2.45, 2.75) is 29.9 Å². The molecule has 1 aromatic carbocycles. The van der Waals surface area contributed by atoms with E-state index < -0.39 is 22.2 Å². The molecule has 2 heterocycles. The molecule has 0 aliphatic heterocycles. The van der Waals surface area contributed by atoms with Gasteiger partial charge in [-0.05, 0) is 42.5 Å². The van der Waals surface area contributed by atoms with Crippen molar-refractivity contribution in [3.05, 3.63) is 48.4 Å². The number of aromatic amines is 1. The minimum atomic E-state index is -3.77. The number of methoxy groups -OCH3 is 1. The summed E-state index contributed by atoms with van der Waals surface area (Å²) >= 11 is 0. The molecule has 4 rings (SSSR count). The fraction of sp³-hybridized carbons (Fsp3) is 0.333. The van der Waals surface area contributed by atoms with Crippen molar-refractivity contribution in [3.63, 3.8) is 0 Å². The lowest BCUT2D eigenvalue weighted by atomic mass is 9.76. The number of fused-ring (bicyclic) bond motifs is 1. The van der Waals surface area contributed by atoms with Crippen molar-refractivity contribution in [1.82, 2.24) is 19.7 Å². The van der Waals surface area contributed by atoms with Crippen molar-refractivity contribution in [3.8, 4) is 5.88 Å². The zero-order chi connectivity index (χ0) is 19.0. The predicted molar refractivity (Wildman–Crippen MR) is 98.7 cm³/mol. The molecule has 1 aliphatic carbocycles. The second-order valence-electron chi connectivity index (χ2n) is 6.70. The van der Waals surface area contributed by atoms with Gasteiger partial charge in [0.2, 0.25) is 15.9 Å². The van der Waals surface area contributed by atoms with Crippen LogP contribution in [0.5, 0.6) is 5.88 Å². The van der Waals surface area contributed by atoms with E-state index in [1.807, 2.05) is 0 Å². The number of hydrogen-bond donors (Lipinski definition) is 3. The number of aromatic nitrogens is 3. The number of nitrogens with zero attached hydrogens (tertiary/aromatic N) is 2. The molecule has 1 saturated carbocycles. The zero-order valence-electron chi connectivity index (χ0n) is 14.7. The summed E-state index contributed by atoms with van der Waals surface area (Å²) in [5, 5.41) is 9.68. The number of hydrogen-bond acceptors (Lipinski definition) is 6. The maximum Gasteiger partial charge on any atom is 0.241 e. The van der Waals surface area contributed by atoms with Crippen LogP contribution in [0.25, 0.3) is 11.0 Å². The fourth-order valence-corrected chi connectivity index (χ4v) is 4.67. The first-order valence-corrected chi connectivity index (χ1v) is 10.1. The molecular weight excluding hydrogens is 368 g/mol. The van der Waals surface area contributed by atoms with Gasteiger partial charge in [0.15, 0.2) is 0 Å². The molecule has 0 unspecified atom stereocenters. The van der Waals surface area contributed by atoms with Crippen LogP contribution in [-0.2, 0) is 10.0 Å². The van der Waals surface area contributed by atoms with Crippen LogP contribution in [0.2, 0.25) is 0 Å². The summed E-state index contributed by atoms with van der Waals surface area (Å²) in [5.74, 6) is 0.458. The van der Waals surface area contributed by atoms with Gasteiger partial charge in [0.05, 0.1) is 41.5 Å². The molecule has 1 fully saturated rings. The molecular formula is C18H20N4O4S. The van der Waals surface area contributed by atoms with Crippen molar-refractivity contribution in [2.75, 3.05) is 7.11 Å². The number of pyridine rings is 1. The number of nitrogens with one attached hydrogen (secondary N) is 2. The lowest BCUT2D eigenvalue weighted by Crippen LogP contribution is -2.41. The van der Waals surface area contributed by atoms with Crippen molar-refractivity contribution in [1.29, 1.82) is 0 Å². The maximum atomic E-state index is 13.0. The molecule has 1 atom stereocenters. The lowest BCUT2D eigenvalue weighted by molar-refractivity contribution is 0.0279. The molecule has 1 aliphatic rings. The van der Waals surface area contributed by atoms with E-state index >= 15 is 0 Å². The molecule has 0 radical (unpaired) electrons. The largest absolute Gasteiger partial charge is 0.481 e. The van der Waals surface area contributed by atoms with E-state index in [0.717, 1.165) is 5.56 Å². The normalized spacial score (nSPS) is 21.0. The molecule has 3 aromatic rings. The third kappa shape index (κ3) is 3.53. The standard InChI is InChI=1S/C18H20N4O4S/c1-26-17-5-2-11(9-19-17)18(12-6-13(23)7-12)22-27(24,25)14-3-4-15-16(8-14)21-10-20-15/h2-5,8-10,12-13,18,22-23H,6-7H2,1H3,(H,20,21)/t12?,13?,18-/m1/s1. The third-order valence-electron chi connectivity index (χ3n) is 4.93. The first-order valence-electron chi connectivity index (χ1n) is 8.60. The number of sulfonamides is 1. The molecule has 0 saturated heterocycles. The first-order chi connectivity index (χ1) is 13.0. The highest BCUT2D eigenvalue weighted by Crippen LogP contribution is 2.39. The SMILES string of the molecule is COc1ccc([C@@H](NS(=O)(=O)c2ccc3nc[nH]c3c2)C2CC(O)C2)cn1. The Hall–Kier alpha value is -2.49. The minimum Gasteiger partial charge on any atom is -0.481 e. The molecule has 0 amide bonds. The van der Waals surface area contributed by atoms with E-state index in [4.69, 9.17) is 4.74 Å². The van der Waals surface area contributed by atoms with Crippen molar-refractivity contribution < 1.29 is 18.3 Å². The maximum absolute atomic E-state index is 13.0. The van der Waals surface area contributed by atoms with E-state index in [9.17, 15) is 13.5 Å². The Morgan fingerprint density at radius 2 is 2.07 bits per heavy atom. The van der Waals surface area contributed by atoms with Crippen LogP contribution in [0.15, 0.2) is 47.8 Å². The Kier molecular flexibility index (Phi) is 4.58. The summed E-state index contributed by atoms with van der Waals surface area (Å²) in [6.07, 6.45) is 3.82. The number of ether oxygens (including phenoxy) is 1. The quantitative estimate of drug-likeness (QED) is 0.592. The number of H-pyrrole nitrogens is 1. The summed E-state index contributed by atoms with van der Waals surface area (Å²) < 4.78 is 33.8. The van der Waals surface area contributed by atoms with Gasteiger partial charge in [-0.3, -0.25) is 0 Å². The molecule has 3 N–H and O–H groups in total. The third-order valence-corrected chi connectivity index (χ3v) is 6.37. The van der Waals surface area contributed by atoms with Crippen LogP contribution < -0.4 is 9.46 Å². The molecule has 27 heavy (non-hydrogen) atoms. The lowest BCUT2D eigenvalue weighted by Gasteiger charge is -2.38. The van der Waals surface area contributed by atoms with E-state index in [-0.39, 0.29) is 10.8 Å². The van der Waals surface area contributed by atoms with Crippen molar-refractivity contribution >= 4 is 21.1 Å². The highest BCUT2D eigenvalue weighted by molar-refractivity contribution is 7.89. The fourth-order valence-electron chi connectivity index (χ4n) is 3.35. The average molecular weight is 388 g/mol. The molecule has 9 heteroatoms. The smallest absolute Gasteiger partial charge is 0.241 e. The van der Waals surface area contributed by atoms with Gasteiger partial charge >= 0.3 is 0 Å². The van der Waals surface area contributed by atoms with Gasteiger partial charge in [-0.15, -0.1) is 0 Å². The minimum absolute atomic E-state index is 0.000792. The van der Waals surface area contributed by atoms with Gasteiger partial charge in [0.1, 0.15) is 0 Å². The summed E-state index contributed by atoms with van der Waals surface area (Å²) in [7, 11) is -2.25. The number of benzene rings is 1. The van der Waals surface area contributed by atoms with Crippen LogP contribution in [0, 0.1) is 5.92 Å². The van der Waals surface area contributed by atoms with Crippen molar-refractivity contribution in [2.24, 2.45) is 5.92 Å². The summed E-state index contributed by atoms with van der Waals surface area (Å²) in [4.78, 5) is 11.4. The Morgan fingerprint density at radius 3 is 2.74 bits per heavy atom. The first kappa shape index (κ1) is 17.9. The van der Waals surface area contributed by atoms with Gasteiger partial charge in [-0.1, -0.05) is 6.07 Å². The highest BCUT2D eigenvalue weighted by Gasteiger charge is 2.37. The molecule has 142 valence electrons. The van der Waals surface area contributed by atoms with E-state index in [1.54, 1.807) is 30.5 Å². The molecule has 0 bridgehead atoms. The molecule has 8 nitrogen and oxygen atoms in total. The van der Waals surface area contributed by atoms with Gasteiger partial charge in [-0.2, -0.15) is 0 Å². The van der Waals surface area contributed by atoms with Gasteiger partial charge in [-0.25, -0.2) is 23.1 Å². The summed E-state index contributed by atoms with van der Waals surface area (Å²) in [6.45, 7) is 0. The Labute approximate surface area is 156 Å². The van der Waals surface area contributed by atoms with Gasteiger partial charge in [0, 0.05) is 12.3 Å². The number of imidazole rings is 1. The van der Waals surface area contributed by atoms with Crippen LogP contribution in [0.3, 0.4) is 0 Å². The van der Waals surface area contributed by atoms with Gasteiger partial charge < -0.3 is 14.8 Å². The van der Waals surface area contributed by atoms with Crippen LogP contribution in [0.4, 0.5) is 0 Å². The Morgan fingerprint density at radius 1 is 1.26 bits per heavy atom. The summed E-state index contributed by atoms with van der Waals surface area (Å²) in [5.41, 5.74) is 2.09. The van der Waals surface area contributed by atoms with E-state index in [1.165, 1.54) is 19.5 Å². The summed E-state index contributed by atoms with van der Waals surface area (Å²) in [6, 6.07) is 7.77. The zero-order valence-corrected chi connectivity index (χ0v) is 15.5. The number of rotatable bonds is 6. The molecule has 2 aromatic heterocycles. The average Bonchev–Trinajstić information content (AvgIpc) is 3.12. The Balaban J connectivity index is 1.65. The number of aliphatic hydroxyl groups excluding tert-OH is 1. The number of aliphatic hydroxyl groups is 1. The molecule has 0 spiro atoms. The van der Waals surface area contributed by atoms with E-state index in [2.05, 4.69) is 19.7 Å². The highest BCUT2D eigenvalue weighted by atomic mass is 32.2. The predicted octanol–water partition coefficient (Wildman–Crippen LogP) is 1.76. The second kappa shape index (κ2) is 6.91. The van der Waals surface area contributed by atoms with Crippen LogP contribution >= 0.6 is 0 Å². The van der Waals surface area contributed by atoms with Crippen LogP contribution in [0.1, 0.15) is 24.4 Å². The second-order valence-corrected chi connectivity index (χ2v) is 8.41. The van der Waals surface area contributed by atoms with Crippen LogP contribution in [-0.4, -0.2) is 41.7 Å². The van der Waals surface area contributed by atoms with Gasteiger partial charge in [0.25, 0.3) is 0 Å². The monoisotopic (exact) mass is 388 g/mol.